The summed E-state index contributed by atoms with van der Waals surface area (Å²) in [5.41, 5.74) is 3.46. The number of alkyl halides is 4. The third-order valence-electron chi connectivity index (χ3n) is 7.50. The molecule has 41 heavy (non-hydrogen) atoms. The van der Waals surface area contributed by atoms with E-state index in [1.54, 1.807) is 17.0 Å². The number of para-hydroxylation sites is 1. The normalized spacial score (nSPS) is 23.3. The van der Waals surface area contributed by atoms with Crippen molar-refractivity contribution in [2.75, 3.05) is 19.0 Å². The first kappa shape index (κ1) is 29.4. The average Bonchev–Trinajstić information content (AvgIpc) is 3.30. The van der Waals surface area contributed by atoms with Gasteiger partial charge in [0.1, 0.15) is 12.0 Å². The molecule has 0 bridgehead atoms. The van der Waals surface area contributed by atoms with E-state index < -0.39 is 40.4 Å². The van der Waals surface area contributed by atoms with E-state index in [1.807, 2.05) is 31.2 Å². The lowest BCUT2D eigenvalue weighted by atomic mass is 9.88. The predicted molar refractivity (Wildman–Crippen MR) is 145 cm³/mol. The highest BCUT2D eigenvalue weighted by Gasteiger charge is 2.44. The van der Waals surface area contributed by atoms with Crippen LogP contribution in [0.4, 0.5) is 13.2 Å². The number of carbonyl (C=O) groups is 2. The van der Waals surface area contributed by atoms with Gasteiger partial charge >= 0.3 is 12.1 Å². The van der Waals surface area contributed by atoms with Crippen molar-refractivity contribution in [2.24, 2.45) is 0 Å². The van der Waals surface area contributed by atoms with Gasteiger partial charge in [0.2, 0.25) is 15.9 Å². The van der Waals surface area contributed by atoms with Crippen LogP contribution in [0, 0.1) is 0 Å². The molecule has 0 saturated carbocycles. The summed E-state index contributed by atoms with van der Waals surface area (Å²) in [7, 11) is -4.20. The van der Waals surface area contributed by atoms with E-state index in [-0.39, 0.29) is 35.7 Å². The molecular formula is C27H28ClF3N4O5S. The molecule has 2 aromatic carbocycles. The van der Waals surface area contributed by atoms with E-state index in [1.165, 1.54) is 12.1 Å². The quantitative estimate of drug-likeness (QED) is 0.290. The standard InChI is InChI=1S/C27H28ClF3N4O5S/c1-15-12-19-18-4-2-3-5-20(18)33-24(19)25(35(15)23(36)13-28)16-6-8-17(9-7-16)41(38,39)34-21-10-11-32-14-22(21)40-26(37)27(29,30)31/h2-9,15,21-22,25,32-34H,10-14H2,1H3/t15-,21?,22?,25+/m0/s1. The van der Waals surface area contributed by atoms with Crippen LogP contribution in [0.1, 0.15) is 36.2 Å². The maximum atomic E-state index is 13.2. The molecule has 0 radical (unpaired) electrons. The Morgan fingerprint density at radius 3 is 2.54 bits per heavy atom. The number of nitrogens with one attached hydrogen (secondary N) is 3. The van der Waals surface area contributed by atoms with Crippen molar-refractivity contribution in [1.82, 2.24) is 19.9 Å². The zero-order valence-corrected chi connectivity index (χ0v) is 23.4. The molecule has 2 unspecified atom stereocenters. The Labute approximate surface area is 239 Å². The number of benzene rings is 2. The van der Waals surface area contributed by atoms with Crippen LogP contribution in [0.5, 0.6) is 0 Å². The highest BCUT2D eigenvalue weighted by molar-refractivity contribution is 7.89. The number of H-pyrrole nitrogens is 1. The molecule has 14 heteroatoms. The Morgan fingerprint density at radius 2 is 1.85 bits per heavy atom. The lowest BCUT2D eigenvalue weighted by Gasteiger charge is -2.40. The van der Waals surface area contributed by atoms with E-state index in [2.05, 4.69) is 19.8 Å². The minimum atomic E-state index is -5.20. The first-order valence-corrected chi connectivity index (χ1v) is 15.0. The zero-order valence-electron chi connectivity index (χ0n) is 21.9. The van der Waals surface area contributed by atoms with Gasteiger partial charge in [-0.1, -0.05) is 30.3 Å². The maximum Gasteiger partial charge on any atom is 0.490 e. The maximum absolute atomic E-state index is 13.2. The van der Waals surface area contributed by atoms with E-state index in [0.29, 0.717) is 18.5 Å². The number of aromatic amines is 1. The van der Waals surface area contributed by atoms with E-state index in [9.17, 15) is 31.2 Å². The number of amides is 1. The summed E-state index contributed by atoms with van der Waals surface area (Å²) in [6.45, 7) is 2.13. The number of aromatic nitrogens is 1. The molecule has 3 N–H and O–H groups in total. The van der Waals surface area contributed by atoms with Gasteiger partial charge in [-0.25, -0.2) is 17.9 Å². The summed E-state index contributed by atoms with van der Waals surface area (Å²) < 4.78 is 71.6. The lowest BCUT2D eigenvalue weighted by molar-refractivity contribution is -0.206. The van der Waals surface area contributed by atoms with Crippen LogP contribution in [-0.2, 0) is 30.8 Å². The van der Waals surface area contributed by atoms with Crippen LogP contribution in [0.2, 0.25) is 0 Å². The van der Waals surface area contributed by atoms with Crippen LogP contribution >= 0.6 is 11.6 Å². The van der Waals surface area contributed by atoms with Crippen LogP contribution < -0.4 is 10.0 Å². The fourth-order valence-electron chi connectivity index (χ4n) is 5.64. The van der Waals surface area contributed by atoms with Crippen molar-refractivity contribution in [2.45, 2.75) is 55.1 Å². The Balaban J connectivity index is 1.44. The Morgan fingerprint density at radius 1 is 1.15 bits per heavy atom. The minimum Gasteiger partial charge on any atom is -0.453 e. The number of hydrogen-bond acceptors (Lipinski definition) is 6. The molecule has 4 atom stereocenters. The van der Waals surface area contributed by atoms with Gasteiger partial charge < -0.3 is 19.9 Å². The van der Waals surface area contributed by atoms with Crippen molar-refractivity contribution in [3.05, 3.63) is 65.4 Å². The van der Waals surface area contributed by atoms with Crippen molar-refractivity contribution >= 4 is 44.4 Å². The number of halogens is 4. The molecule has 3 aromatic rings. The molecule has 1 fully saturated rings. The van der Waals surface area contributed by atoms with Gasteiger partial charge in [0.15, 0.2) is 0 Å². The van der Waals surface area contributed by atoms with Crippen LogP contribution in [0.15, 0.2) is 53.4 Å². The van der Waals surface area contributed by atoms with Crippen molar-refractivity contribution < 1.29 is 35.9 Å². The second-order valence-electron chi connectivity index (χ2n) is 10.2. The molecule has 2 aliphatic rings. The third kappa shape index (κ3) is 5.81. The lowest BCUT2D eigenvalue weighted by Crippen LogP contribution is -2.55. The van der Waals surface area contributed by atoms with Gasteiger partial charge in [-0.15, -0.1) is 11.6 Å². The molecular weight excluding hydrogens is 585 g/mol. The van der Waals surface area contributed by atoms with Gasteiger partial charge in [0.05, 0.1) is 17.0 Å². The molecule has 3 heterocycles. The molecule has 0 spiro atoms. The Hall–Kier alpha value is -3.13. The van der Waals surface area contributed by atoms with Crippen molar-refractivity contribution in [3.8, 4) is 0 Å². The summed E-state index contributed by atoms with van der Waals surface area (Å²) in [6.07, 6.45) is -5.81. The largest absolute Gasteiger partial charge is 0.490 e. The Kier molecular flexibility index (Phi) is 8.07. The smallest absolute Gasteiger partial charge is 0.453 e. The van der Waals surface area contributed by atoms with Crippen LogP contribution in [0.3, 0.4) is 0 Å². The fourth-order valence-corrected chi connectivity index (χ4v) is 7.07. The Bertz CT molecular complexity index is 1560. The molecule has 0 aliphatic carbocycles. The van der Waals surface area contributed by atoms with Gasteiger partial charge in [-0.3, -0.25) is 4.79 Å². The summed E-state index contributed by atoms with van der Waals surface area (Å²) in [5, 5.41) is 3.85. The number of rotatable bonds is 6. The third-order valence-corrected chi connectivity index (χ3v) is 9.24. The van der Waals surface area contributed by atoms with E-state index >= 15 is 0 Å². The number of piperidine rings is 1. The molecule has 1 aromatic heterocycles. The zero-order chi connectivity index (χ0) is 29.5. The van der Waals surface area contributed by atoms with Gasteiger partial charge in [0.25, 0.3) is 0 Å². The number of sulfonamides is 1. The molecule has 9 nitrogen and oxygen atoms in total. The first-order valence-electron chi connectivity index (χ1n) is 13.0. The van der Waals surface area contributed by atoms with E-state index in [4.69, 9.17) is 11.6 Å². The number of carbonyl (C=O) groups excluding carboxylic acids is 2. The molecule has 2 aliphatic heterocycles. The second-order valence-corrected chi connectivity index (χ2v) is 12.2. The summed E-state index contributed by atoms with van der Waals surface area (Å²) in [6, 6.07) is 12.0. The van der Waals surface area contributed by atoms with E-state index in [0.717, 1.165) is 22.2 Å². The minimum absolute atomic E-state index is 0.117. The summed E-state index contributed by atoms with van der Waals surface area (Å²) in [5.74, 6) is -2.87. The predicted octanol–water partition coefficient (Wildman–Crippen LogP) is 3.38. The number of ether oxygens (including phenoxy) is 1. The van der Waals surface area contributed by atoms with Gasteiger partial charge in [-0.2, -0.15) is 13.2 Å². The van der Waals surface area contributed by atoms with Crippen LogP contribution in [0.25, 0.3) is 10.9 Å². The number of esters is 1. The molecule has 220 valence electrons. The second kappa shape index (κ2) is 11.3. The monoisotopic (exact) mass is 612 g/mol. The average molecular weight is 613 g/mol. The number of fused-ring (bicyclic) bond motifs is 3. The van der Waals surface area contributed by atoms with Gasteiger partial charge in [0, 0.05) is 29.2 Å². The summed E-state index contributed by atoms with van der Waals surface area (Å²) in [4.78, 5) is 29.3. The molecule has 1 amide bonds. The summed E-state index contributed by atoms with van der Waals surface area (Å²) >= 11 is 5.97. The highest BCUT2D eigenvalue weighted by atomic mass is 35.5. The molecule has 1 saturated heterocycles. The highest BCUT2D eigenvalue weighted by Crippen LogP contribution is 2.41. The van der Waals surface area contributed by atoms with Crippen LogP contribution in [-0.4, -0.2) is 73.5 Å². The van der Waals surface area contributed by atoms with Crippen molar-refractivity contribution in [1.29, 1.82) is 0 Å². The fraction of sp³-hybridized carbons (Fsp3) is 0.407. The number of nitrogens with zero attached hydrogens (tertiary/aromatic N) is 1. The number of hydrogen-bond donors (Lipinski definition) is 3. The van der Waals surface area contributed by atoms with Crippen molar-refractivity contribution in [3.63, 3.8) is 0 Å². The molecule has 5 rings (SSSR count). The topological polar surface area (TPSA) is 121 Å². The first-order chi connectivity index (χ1) is 19.4. The SMILES string of the molecule is C[C@H]1Cc2c([nH]c3ccccc23)[C@@H](c2ccc(S(=O)(=O)NC3CCNCC3OC(=O)C(F)(F)F)cc2)N1C(=O)CCl. The van der Waals surface area contributed by atoms with Gasteiger partial charge in [-0.05, 0) is 55.6 Å².